The molecule has 0 aliphatic carbocycles. The molecule has 1 aliphatic heterocycles. The second kappa shape index (κ2) is 6.95. The number of halogens is 1. The van der Waals surface area contributed by atoms with Gasteiger partial charge in [0.05, 0.1) is 6.20 Å². The van der Waals surface area contributed by atoms with Crippen molar-refractivity contribution in [3.63, 3.8) is 0 Å². The van der Waals surface area contributed by atoms with E-state index in [1.807, 2.05) is 26.8 Å². The zero-order valence-electron chi connectivity index (χ0n) is 12.8. The Hall–Kier alpha value is -1.54. The van der Waals surface area contributed by atoms with Gasteiger partial charge in [-0.3, -0.25) is 0 Å². The minimum Gasteiger partial charge on any atom is -0.233 e. The van der Waals surface area contributed by atoms with E-state index in [0.29, 0.717) is 11.1 Å². The molecule has 2 aromatic heterocycles. The van der Waals surface area contributed by atoms with E-state index in [4.69, 9.17) is 21.8 Å². The molecule has 110 valence electrons. The first kappa shape index (κ1) is 15.8. The lowest BCUT2D eigenvalue weighted by Gasteiger charge is -2.23. The summed E-state index contributed by atoms with van der Waals surface area (Å²) in [5, 5.41) is 13.9. The van der Waals surface area contributed by atoms with Gasteiger partial charge in [0.25, 0.3) is 6.71 Å². The molecule has 4 nitrogen and oxygen atoms in total. The molecule has 0 aromatic carbocycles. The van der Waals surface area contributed by atoms with Crippen molar-refractivity contribution in [3.8, 4) is 5.97 Å². The molecule has 2 aromatic rings. The van der Waals surface area contributed by atoms with Crippen molar-refractivity contribution in [1.29, 1.82) is 5.26 Å². The molecule has 1 aliphatic rings. The molecule has 3 rings (SSSR count). The van der Waals surface area contributed by atoms with E-state index in [1.165, 1.54) is 0 Å². The summed E-state index contributed by atoms with van der Waals surface area (Å²) in [5.41, 5.74) is 2.85. The zero-order valence-corrected chi connectivity index (χ0v) is 13.6. The number of hydrogen-bond acceptors (Lipinski definition) is 3. The average Bonchev–Trinajstić information content (AvgIpc) is 2.91. The summed E-state index contributed by atoms with van der Waals surface area (Å²) in [6, 6.07) is 1.89. The molecule has 0 N–H and O–H groups in total. The first-order chi connectivity index (χ1) is 10.2. The van der Waals surface area contributed by atoms with E-state index in [9.17, 15) is 0 Å². The molecule has 0 bridgehead atoms. The molecule has 0 radical (unpaired) electrons. The van der Waals surface area contributed by atoms with E-state index in [1.54, 1.807) is 10.7 Å². The summed E-state index contributed by atoms with van der Waals surface area (Å²) in [4.78, 5) is 4.69. The molecule has 0 saturated carbocycles. The van der Waals surface area contributed by atoms with Crippen LogP contribution in [-0.2, 0) is 0 Å². The van der Waals surface area contributed by atoms with Crippen LogP contribution >= 0.6 is 11.6 Å². The standard InChI is InChI=1S/C13H14BClN4.C2H6/c1-9-7-17-19-12(15)5-11(18-13(9)19)10-3-2-4-14(6-10)8-16;1-2/h5,7,10H,2-4,6H2,1H3;1-2H3. The predicted octanol–water partition coefficient (Wildman–Crippen LogP) is 4.15. The van der Waals surface area contributed by atoms with Gasteiger partial charge in [-0.05, 0) is 25.3 Å². The van der Waals surface area contributed by atoms with Gasteiger partial charge in [0.2, 0.25) is 0 Å². The fourth-order valence-corrected chi connectivity index (χ4v) is 3.07. The fourth-order valence-electron chi connectivity index (χ4n) is 2.84. The van der Waals surface area contributed by atoms with Crippen LogP contribution in [0.5, 0.6) is 0 Å². The van der Waals surface area contributed by atoms with Gasteiger partial charge >= 0.3 is 0 Å². The van der Waals surface area contributed by atoms with Gasteiger partial charge < -0.3 is 0 Å². The summed E-state index contributed by atoms with van der Waals surface area (Å²) < 4.78 is 1.66. The lowest BCUT2D eigenvalue weighted by atomic mass is 9.41. The maximum Gasteiger partial charge on any atom is 0.268 e. The molecule has 1 saturated heterocycles. The molecule has 1 atom stereocenters. The monoisotopic (exact) mass is 302 g/mol. The summed E-state index contributed by atoms with van der Waals surface area (Å²) in [7, 11) is 0. The van der Waals surface area contributed by atoms with Crippen LogP contribution in [0.15, 0.2) is 12.3 Å². The quantitative estimate of drug-likeness (QED) is 0.587. The molecule has 3 heterocycles. The maximum atomic E-state index is 9.08. The normalized spacial score (nSPS) is 18.0. The SMILES string of the molecule is CC.Cc1cnn2c(Cl)cc(C3CCCB(C#N)C3)nc12. The Morgan fingerprint density at radius 1 is 1.48 bits per heavy atom. The lowest BCUT2D eigenvalue weighted by Crippen LogP contribution is -2.21. The number of rotatable bonds is 1. The highest BCUT2D eigenvalue weighted by Crippen LogP contribution is 2.33. The fraction of sp³-hybridized carbons (Fsp3) is 0.533. The molecular weight excluding hydrogens is 282 g/mol. The number of aryl methyl sites for hydroxylation is 1. The van der Waals surface area contributed by atoms with E-state index < -0.39 is 0 Å². The molecule has 21 heavy (non-hydrogen) atoms. The van der Waals surface area contributed by atoms with Gasteiger partial charge in [0, 0.05) is 17.2 Å². The Morgan fingerprint density at radius 3 is 2.95 bits per heavy atom. The first-order valence-electron chi connectivity index (χ1n) is 7.59. The van der Waals surface area contributed by atoms with Gasteiger partial charge in [0.1, 0.15) is 5.15 Å². The van der Waals surface area contributed by atoms with E-state index >= 15 is 0 Å². The minimum absolute atomic E-state index is 0.154. The van der Waals surface area contributed by atoms with Crippen LogP contribution in [0.3, 0.4) is 0 Å². The smallest absolute Gasteiger partial charge is 0.233 e. The Labute approximate surface area is 131 Å². The van der Waals surface area contributed by atoms with Gasteiger partial charge in [-0.15, -0.1) is 0 Å². The molecule has 0 spiro atoms. The second-order valence-corrected chi connectivity index (χ2v) is 5.64. The topological polar surface area (TPSA) is 54.0 Å². The van der Waals surface area contributed by atoms with Gasteiger partial charge in [-0.1, -0.05) is 44.5 Å². The second-order valence-electron chi connectivity index (χ2n) is 5.26. The number of aromatic nitrogens is 3. The summed E-state index contributed by atoms with van der Waals surface area (Å²) in [6.07, 6.45) is 5.85. The largest absolute Gasteiger partial charge is 0.268 e. The Balaban J connectivity index is 0.000000774. The summed E-state index contributed by atoms with van der Waals surface area (Å²) in [5.74, 6) is 2.73. The van der Waals surface area contributed by atoms with Crippen molar-refractivity contribution < 1.29 is 0 Å². The van der Waals surface area contributed by atoms with Crippen LogP contribution in [0.2, 0.25) is 17.8 Å². The average molecular weight is 303 g/mol. The van der Waals surface area contributed by atoms with Crippen LogP contribution in [0, 0.1) is 18.2 Å². The highest BCUT2D eigenvalue weighted by molar-refractivity contribution is 6.67. The number of nitrogens with zero attached hydrogens (tertiary/aromatic N) is 4. The van der Waals surface area contributed by atoms with Crippen molar-refractivity contribution in [2.45, 2.75) is 52.2 Å². The van der Waals surface area contributed by atoms with Crippen LogP contribution in [-0.4, -0.2) is 21.3 Å². The molecule has 6 heteroatoms. The van der Waals surface area contributed by atoms with Crippen molar-refractivity contribution in [2.24, 2.45) is 0 Å². The van der Waals surface area contributed by atoms with Crippen molar-refractivity contribution in [1.82, 2.24) is 14.6 Å². The van der Waals surface area contributed by atoms with Crippen LogP contribution < -0.4 is 0 Å². The Morgan fingerprint density at radius 2 is 2.24 bits per heavy atom. The van der Waals surface area contributed by atoms with E-state index in [2.05, 4.69) is 11.1 Å². The van der Waals surface area contributed by atoms with Crippen LogP contribution in [0.4, 0.5) is 0 Å². The third-order valence-electron chi connectivity index (χ3n) is 3.90. The van der Waals surface area contributed by atoms with Gasteiger partial charge in [0.15, 0.2) is 5.65 Å². The molecule has 0 amide bonds. The lowest BCUT2D eigenvalue weighted by molar-refractivity contribution is 0.614. The highest BCUT2D eigenvalue weighted by atomic mass is 35.5. The Bertz CT molecular complexity index is 661. The Kier molecular flexibility index (Phi) is 5.25. The highest BCUT2D eigenvalue weighted by Gasteiger charge is 2.27. The summed E-state index contributed by atoms with van der Waals surface area (Å²) in [6.45, 7) is 6.13. The van der Waals surface area contributed by atoms with Gasteiger partial charge in [-0.25, -0.2) is 14.8 Å². The summed E-state index contributed by atoms with van der Waals surface area (Å²) >= 11 is 6.26. The number of hydrogen-bond donors (Lipinski definition) is 0. The third-order valence-corrected chi connectivity index (χ3v) is 4.17. The molecular formula is C15H20BClN4. The number of fused-ring (bicyclic) bond motifs is 1. The molecule has 1 fully saturated rings. The van der Waals surface area contributed by atoms with Crippen LogP contribution in [0.1, 0.15) is 43.9 Å². The maximum absolute atomic E-state index is 9.08. The van der Waals surface area contributed by atoms with E-state index in [-0.39, 0.29) is 6.71 Å². The van der Waals surface area contributed by atoms with Gasteiger partial charge in [-0.2, -0.15) is 5.10 Å². The first-order valence-corrected chi connectivity index (χ1v) is 7.97. The minimum atomic E-state index is 0.154. The predicted molar refractivity (Wildman–Crippen MR) is 87.0 cm³/mol. The van der Waals surface area contributed by atoms with E-state index in [0.717, 1.165) is 42.4 Å². The van der Waals surface area contributed by atoms with Crippen molar-refractivity contribution >= 4 is 24.0 Å². The molecule has 1 unspecified atom stereocenters. The number of nitriles is 1. The zero-order chi connectivity index (χ0) is 15.4. The third kappa shape index (κ3) is 3.21. The van der Waals surface area contributed by atoms with Crippen LogP contribution in [0.25, 0.3) is 5.65 Å². The van der Waals surface area contributed by atoms with Crippen molar-refractivity contribution in [3.05, 3.63) is 28.7 Å². The van der Waals surface area contributed by atoms with Crippen molar-refractivity contribution in [2.75, 3.05) is 0 Å².